The summed E-state index contributed by atoms with van der Waals surface area (Å²) in [5, 5.41) is 21.3. The normalized spacial score (nSPS) is 27.7. The van der Waals surface area contributed by atoms with Gasteiger partial charge in [0.2, 0.25) is 17.7 Å². The van der Waals surface area contributed by atoms with Gasteiger partial charge in [0.05, 0.1) is 55.5 Å². The number of carbonyl (C=O) groups is 4. The number of nitrogens with one attached hydrogen (secondary N) is 3. The van der Waals surface area contributed by atoms with E-state index in [4.69, 9.17) is 23.7 Å². The molecule has 326 valence electrons. The van der Waals surface area contributed by atoms with Crippen LogP contribution in [0.2, 0.25) is 0 Å². The molecule has 3 heterocycles. The van der Waals surface area contributed by atoms with E-state index >= 15 is 0 Å². The lowest BCUT2D eigenvalue weighted by atomic mass is 9.87. The van der Waals surface area contributed by atoms with E-state index in [2.05, 4.69) is 34.2 Å². The fourth-order valence-corrected chi connectivity index (χ4v) is 7.51. The van der Waals surface area contributed by atoms with Crippen LogP contribution < -0.4 is 20.8 Å². The highest BCUT2D eigenvalue weighted by atomic mass is 32.2. The number of hydrazone groups is 1. The van der Waals surface area contributed by atoms with E-state index in [0.717, 1.165) is 42.6 Å². The lowest BCUT2D eigenvalue weighted by molar-refractivity contribution is -0.145. The number of thioether (sulfide) groups is 1. The molecular weight excluding hydrogens is 777 g/mol. The Balaban J connectivity index is 1.19. The zero-order valence-corrected chi connectivity index (χ0v) is 36.4. The highest BCUT2D eigenvalue weighted by Gasteiger charge is 2.58. The molecule has 9 atom stereocenters. The number of unbranched alkanes of at least 4 members (excludes halogenated alkanes) is 2. The minimum absolute atomic E-state index is 0.0354. The third-order valence-electron chi connectivity index (χ3n) is 10.6. The van der Waals surface area contributed by atoms with Crippen LogP contribution in [0.4, 0.5) is 0 Å². The SMILES string of the molecule is CSCC(=O)NCCCCCOc1ccc(/C(C)=N/NC(=O)C[C@@H]2C[C@@]3(CO3)[C@H](O)[C@@H](/C=C/C(C)=C/C[C@@H]3O[C@H](C)[C@H](NC(=O)/C=C\[C@H](C)OC(C)=O)C[C@@H]3C)O2)cc1. The monoisotopic (exact) mass is 840 g/mol. The summed E-state index contributed by atoms with van der Waals surface area (Å²) < 4.78 is 29.2. The van der Waals surface area contributed by atoms with Gasteiger partial charge in [-0.05, 0) is 108 Å². The Morgan fingerprint density at radius 1 is 1.05 bits per heavy atom. The van der Waals surface area contributed by atoms with Gasteiger partial charge < -0.3 is 39.4 Å². The largest absolute Gasteiger partial charge is 0.494 e. The smallest absolute Gasteiger partial charge is 0.303 e. The topological polar surface area (TPSA) is 186 Å². The number of allylic oxidation sites excluding steroid dienone is 2. The fraction of sp³-hybridized carbons (Fsp3) is 0.614. The highest BCUT2D eigenvalue weighted by Crippen LogP contribution is 2.43. The summed E-state index contributed by atoms with van der Waals surface area (Å²) in [7, 11) is 0. The van der Waals surface area contributed by atoms with Gasteiger partial charge in [0.15, 0.2) is 0 Å². The number of benzene rings is 1. The number of nitrogens with zero attached hydrogens (tertiary/aromatic N) is 1. The zero-order chi connectivity index (χ0) is 43.0. The number of esters is 1. The van der Waals surface area contributed by atoms with Gasteiger partial charge in [0.25, 0.3) is 0 Å². The summed E-state index contributed by atoms with van der Waals surface area (Å²) in [6, 6.07) is 7.40. The number of carbonyl (C=O) groups excluding carboxylic acids is 4. The first-order valence-corrected chi connectivity index (χ1v) is 22.0. The molecule has 0 unspecified atom stereocenters. The molecule has 3 aliphatic rings. The van der Waals surface area contributed by atoms with Gasteiger partial charge in [-0.1, -0.05) is 30.7 Å². The summed E-state index contributed by atoms with van der Waals surface area (Å²) in [4.78, 5) is 48.1. The first kappa shape index (κ1) is 47.7. The van der Waals surface area contributed by atoms with E-state index in [0.29, 0.717) is 44.1 Å². The molecule has 1 spiro atoms. The summed E-state index contributed by atoms with van der Waals surface area (Å²) in [5.41, 5.74) is 4.39. The number of hydrogen-bond donors (Lipinski definition) is 4. The molecule has 14 nitrogen and oxygen atoms in total. The molecule has 3 amide bonds. The molecule has 3 aliphatic heterocycles. The lowest BCUT2D eigenvalue weighted by Crippen LogP contribution is -2.50. The molecule has 1 aromatic carbocycles. The van der Waals surface area contributed by atoms with Crippen molar-refractivity contribution in [3.05, 3.63) is 65.8 Å². The highest BCUT2D eigenvalue weighted by molar-refractivity contribution is 7.99. The molecule has 15 heteroatoms. The maximum absolute atomic E-state index is 13.0. The van der Waals surface area contributed by atoms with Crippen molar-refractivity contribution in [1.82, 2.24) is 16.1 Å². The van der Waals surface area contributed by atoms with Gasteiger partial charge in [0.1, 0.15) is 29.7 Å². The number of amides is 3. The predicted molar refractivity (Wildman–Crippen MR) is 228 cm³/mol. The Labute approximate surface area is 353 Å². The summed E-state index contributed by atoms with van der Waals surface area (Å²) >= 11 is 1.51. The molecule has 0 bridgehead atoms. The quantitative estimate of drug-likeness (QED) is 0.0250. The predicted octanol–water partition coefficient (Wildman–Crippen LogP) is 4.93. The van der Waals surface area contributed by atoms with Crippen molar-refractivity contribution >= 4 is 41.2 Å². The Morgan fingerprint density at radius 2 is 1.80 bits per heavy atom. The van der Waals surface area contributed by atoms with Crippen LogP contribution in [0.1, 0.15) is 92.1 Å². The standard InChI is InChI=1S/C44H64N4O10S/c1-28(11-18-38-29(2)23-37(32(5)57-38)46-40(50)20-13-30(3)56-33(6)49)12-19-39-43(53)44(27-55-44)25-36(58-39)24-41(51)48-47-31(4)34-14-16-35(17-15-34)54-22-10-8-9-21-45-42(52)26-59-7/h11-17,19-20,29-30,32,36-39,43,53H,8-10,18,21-27H2,1-7H3,(H,45,52)(H,46,50)(H,48,51)/b19-12+,20-13-,28-11+,47-31+/t29-,30-,32+,36+,37+,38-,39+,43+,44+/m0/s1. The molecule has 59 heavy (non-hydrogen) atoms. The van der Waals surface area contributed by atoms with E-state index in [9.17, 15) is 24.3 Å². The van der Waals surface area contributed by atoms with Crippen molar-refractivity contribution in [3.8, 4) is 5.75 Å². The van der Waals surface area contributed by atoms with E-state index in [1.807, 2.05) is 63.4 Å². The number of epoxide rings is 1. The van der Waals surface area contributed by atoms with E-state index in [-0.39, 0.29) is 48.3 Å². The Kier molecular flexibility index (Phi) is 19.1. The van der Waals surface area contributed by atoms with E-state index in [1.54, 1.807) is 13.0 Å². The average Bonchev–Trinajstić information content (AvgIpc) is 3.97. The minimum atomic E-state index is -0.864. The third kappa shape index (κ3) is 16.2. The first-order valence-electron chi connectivity index (χ1n) is 20.6. The lowest BCUT2D eigenvalue weighted by Gasteiger charge is -2.39. The molecule has 3 saturated heterocycles. The molecular formula is C44H64N4O10S. The van der Waals surface area contributed by atoms with Crippen LogP contribution in [0, 0.1) is 5.92 Å². The Bertz CT molecular complexity index is 1680. The van der Waals surface area contributed by atoms with Crippen LogP contribution in [-0.2, 0) is 38.1 Å². The number of hydrogen-bond acceptors (Lipinski definition) is 12. The van der Waals surface area contributed by atoms with Crippen LogP contribution in [-0.4, -0.2) is 115 Å². The van der Waals surface area contributed by atoms with E-state index in [1.165, 1.54) is 24.8 Å². The van der Waals surface area contributed by atoms with Gasteiger partial charge >= 0.3 is 5.97 Å². The van der Waals surface area contributed by atoms with Crippen LogP contribution in [0.5, 0.6) is 5.75 Å². The van der Waals surface area contributed by atoms with Gasteiger partial charge in [0, 0.05) is 26.0 Å². The minimum Gasteiger partial charge on any atom is -0.494 e. The second-order valence-corrected chi connectivity index (χ2v) is 16.7. The van der Waals surface area contributed by atoms with E-state index < -0.39 is 36.0 Å². The van der Waals surface area contributed by atoms with Crippen molar-refractivity contribution in [1.29, 1.82) is 0 Å². The third-order valence-corrected chi connectivity index (χ3v) is 11.2. The fourth-order valence-electron chi connectivity index (χ4n) is 7.15. The Hall–Kier alpha value is -4.02. The molecule has 4 N–H and O–H groups in total. The number of ether oxygens (including phenoxy) is 5. The van der Waals surface area contributed by atoms with Gasteiger partial charge in [-0.2, -0.15) is 16.9 Å². The second kappa shape index (κ2) is 23.7. The molecule has 1 aromatic rings. The number of aliphatic hydroxyl groups is 1. The molecule has 3 fully saturated rings. The van der Waals surface area contributed by atoms with Gasteiger partial charge in [-0.3, -0.25) is 19.2 Å². The van der Waals surface area contributed by atoms with Crippen molar-refractivity contribution in [2.75, 3.05) is 31.8 Å². The summed E-state index contributed by atoms with van der Waals surface area (Å²) in [6.45, 7) is 12.5. The summed E-state index contributed by atoms with van der Waals surface area (Å²) in [5.74, 6) is 0.532. The van der Waals surface area contributed by atoms with Crippen LogP contribution in [0.15, 0.2) is 65.3 Å². The van der Waals surface area contributed by atoms with Crippen LogP contribution in [0.3, 0.4) is 0 Å². The van der Waals surface area contributed by atoms with Crippen LogP contribution >= 0.6 is 11.8 Å². The molecule has 0 aromatic heterocycles. The van der Waals surface area contributed by atoms with Crippen molar-refractivity contribution in [2.45, 2.75) is 135 Å². The van der Waals surface area contributed by atoms with Gasteiger partial charge in [-0.25, -0.2) is 5.43 Å². The summed E-state index contributed by atoms with van der Waals surface area (Å²) in [6.07, 6.45) is 12.6. The first-order chi connectivity index (χ1) is 28.2. The molecule has 0 radical (unpaired) electrons. The van der Waals surface area contributed by atoms with Crippen molar-refractivity contribution < 1.29 is 48.0 Å². The Morgan fingerprint density at radius 3 is 2.49 bits per heavy atom. The average molecular weight is 841 g/mol. The second-order valence-electron chi connectivity index (χ2n) is 15.8. The maximum atomic E-state index is 13.0. The maximum Gasteiger partial charge on any atom is 0.303 e. The molecule has 4 rings (SSSR count). The van der Waals surface area contributed by atoms with Crippen molar-refractivity contribution in [3.63, 3.8) is 0 Å². The van der Waals surface area contributed by atoms with Crippen molar-refractivity contribution in [2.24, 2.45) is 11.0 Å². The number of aliphatic hydroxyl groups excluding tert-OH is 1. The van der Waals surface area contributed by atoms with Gasteiger partial charge in [-0.15, -0.1) is 0 Å². The van der Waals surface area contributed by atoms with Crippen LogP contribution in [0.25, 0.3) is 0 Å². The number of rotatable bonds is 21. The zero-order valence-electron chi connectivity index (χ0n) is 35.6. The molecule has 0 saturated carbocycles. The molecule has 0 aliphatic carbocycles.